The standard InChI is InChI=1S/C16H24N2O2.ClH/c1-20-14-9-5-12(6-10-14)3-2-4-16(19)18-11-15(17)13-7-8-13;/h5-6,9-10,13,15H,2-4,7-8,11,17H2,1H3,(H,18,19);1H. The fourth-order valence-corrected chi connectivity index (χ4v) is 2.26. The summed E-state index contributed by atoms with van der Waals surface area (Å²) in [5, 5.41) is 2.92. The maximum Gasteiger partial charge on any atom is 0.220 e. The molecule has 1 aromatic carbocycles. The molecule has 0 bridgehead atoms. The molecule has 1 atom stereocenters. The average molecular weight is 313 g/mol. The van der Waals surface area contributed by atoms with Crippen molar-refractivity contribution in [1.29, 1.82) is 0 Å². The Morgan fingerprint density at radius 2 is 2.05 bits per heavy atom. The Labute approximate surface area is 132 Å². The van der Waals surface area contributed by atoms with Gasteiger partial charge < -0.3 is 15.8 Å². The summed E-state index contributed by atoms with van der Waals surface area (Å²) in [5.41, 5.74) is 7.18. The first-order chi connectivity index (χ1) is 9.69. The smallest absolute Gasteiger partial charge is 0.220 e. The number of halogens is 1. The first kappa shape index (κ1) is 17.8. The number of nitrogens with two attached hydrogens (primary N) is 1. The highest BCUT2D eigenvalue weighted by Crippen LogP contribution is 2.31. The quantitative estimate of drug-likeness (QED) is 0.774. The van der Waals surface area contributed by atoms with Crippen molar-refractivity contribution in [2.24, 2.45) is 11.7 Å². The van der Waals surface area contributed by atoms with E-state index in [-0.39, 0.29) is 24.4 Å². The van der Waals surface area contributed by atoms with Gasteiger partial charge in [0.2, 0.25) is 5.91 Å². The second-order valence-electron chi connectivity index (χ2n) is 5.51. The molecule has 118 valence electrons. The van der Waals surface area contributed by atoms with Crippen LogP contribution < -0.4 is 15.8 Å². The Balaban J connectivity index is 0.00000220. The van der Waals surface area contributed by atoms with Gasteiger partial charge in [-0.1, -0.05) is 12.1 Å². The molecule has 21 heavy (non-hydrogen) atoms. The molecular weight excluding hydrogens is 288 g/mol. The van der Waals surface area contributed by atoms with E-state index >= 15 is 0 Å². The van der Waals surface area contributed by atoms with Gasteiger partial charge in [0.05, 0.1) is 7.11 Å². The van der Waals surface area contributed by atoms with Crippen molar-refractivity contribution < 1.29 is 9.53 Å². The minimum Gasteiger partial charge on any atom is -0.497 e. The molecule has 4 nitrogen and oxygen atoms in total. The fraction of sp³-hybridized carbons (Fsp3) is 0.562. The van der Waals surface area contributed by atoms with E-state index in [0.717, 1.165) is 18.6 Å². The summed E-state index contributed by atoms with van der Waals surface area (Å²) in [6.07, 6.45) is 4.76. The van der Waals surface area contributed by atoms with Crippen molar-refractivity contribution in [2.45, 2.75) is 38.1 Å². The van der Waals surface area contributed by atoms with Crippen molar-refractivity contribution in [1.82, 2.24) is 5.32 Å². The van der Waals surface area contributed by atoms with Crippen LogP contribution in [0.5, 0.6) is 5.75 Å². The Bertz CT molecular complexity index is 432. The molecule has 0 aliphatic heterocycles. The predicted octanol–water partition coefficient (Wildman–Crippen LogP) is 2.29. The summed E-state index contributed by atoms with van der Waals surface area (Å²) in [6, 6.07) is 8.12. The van der Waals surface area contributed by atoms with Gasteiger partial charge in [0, 0.05) is 19.0 Å². The number of aryl methyl sites for hydroxylation is 1. The molecule has 2 rings (SSSR count). The number of nitrogens with one attached hydrogen (secondary N) is 1. The van der Waals surface area contributed by atoms with Crippen LogP contribution in [0.1, 0.15) is 31.2 Å². The number of ether oxygens (including phenoxy) is 1. The van der Waals surface area contributed by atoms with Crippen LogP contribution in [0.4, 0.5) is 0 Å². The highest BCUT2D eigenvalue weighted by Gasteiger charge is 2.28. The number of carbonyl (C=O) groups is 1. The number of hydrogen-bond donors (Lipinski definition) is 2. The third kappa shape index (κ3) is 6.36. The Morgan fingerprint density at radius 3 is 2.62 bits per heavy atom. The van der Waals surface area contributed by atoms with E-state index in [2.05, 4.69) is 5.32 Å². The molecule has 1 saturated carbocycles. The van der Waals surface area contributed by atoms with Crippen LogP contribution in [0, 0.1) is 5.92 Å². The van der Waals surface area contributed by atoms with E-state index in [0.29, 0.717) is 18.9 Å². The normalized spacial score (nSPS) is 15.0. The minimum atomic E-state index is 0. The summed E-state index contributed by atoms with van der Waals surface area (Å²) in [4.78, 5) is 11.7. The topological polar surface area (TPSA) is 64.3 Å². The molecule has 1 aromatic rings. The molecule has 1 aliphatic carbocycles. The molecule has 0 heterocycles. The van der Waals surface area contributed by atoms with Gasteiger partial charge in [0.1, 0.15) is 5.75 Å². The van der Waals surface area contributed by atoms with E-state index in [4.69, 9.17) is 10.5 Å². The molecule has 1 fully saturated rings. The molecule has 5 heteroatoms. The van der Waals surface area contributed by atoms with Crippen molar-refractivity contribution in [3.8, 4) is 5.75 Å². The van der Waals surface area contributed by atoms with Crippen LogP contribution in [0.25, 0.3) is 0 Å². The molecule has 0 spiro atoms. The van der Waals surface area contributed by atoms with Crippen LogP contribution >= 0.6 is 12.4 Å². The lowest BCUT2D eigenvalue weighted by molar-refractivity contribution is -0.121. The Morgan fingerprint density at radius 1 is 1.38 bits per heavy atom. The van der Waals surface area contributed by atoms with Crippen LogP contribution in [-0.2, 0) is 11.2 Å². The molecule has 1 aliphatic rings. The van der Waals surface area contributed by atoms with Crippen LogP contribution in [-0.4, -0.2) is 25.6 Å². The zero-order chi connectivity index (χ0) is 14.4. The molecule has 1 unspecified atom stereocenters. The van der Waals surface area contributed by atoms with Crippen molar-refractivity contribution in [3.05, 3.63) is 29.8 Å². The second-order valence-corrected chi connectivity index (χ2v) is 5.51. The summed E-state index contributed by atoms with van der Waals surface area (Å²) >= 11 is 0. The summed E-state index contributed by atoms with van der Waals surface area (Å²) < 4.78 is 5.11. The van der Waals surface area contributed by atoms with E-state index in [1.54, 1.807) is 7.11 Å². The van der Waals surface area contributed by atoms with Crippen molar-refractivity contribution >= 4 is 18.3 Å². The SMILES string of the molecule is COc1ccc(CCCC(=O)NCC(N)C2CC2)cc1.Cl. The number of amides is 1. The van der Waals surface area contributed by atoms with Gasteiger partial charge in [0.25, 0.3) is 0 Å². The third-order valence-electron chi connectivity index (χ3n) is 3.79. The second kappa shape index (κ2) is 8.90. The molecule has 3 N–H and O–H groups in total. The van der Waals surface area contributed by atoms with Crippen molar-refractivity contribution in [3.63, 3.8) is 0 Å². The number of rotatable bonds is 8. The molecular formula is C16H25ClN2O2. The van der Waals surface area contributed by atoms with Gasteiger partial charge in [-0.2, -0.15) is 0 Å². The number of benzene rings is 1. The van der Waals surface area contributed by atoms with E-state index < -0.39 is 0 Å². The van der Waals surface area contributed by atoms with Gasteiger partial charge in [-0.05, 0) is 49.3 Å². The van der Waals surface area contributed by atoms with E-state index in [1.165, 1.54) is 18.4 Å². The van der Waals surface area contributed by atoms with E-state index in [1.807, 2.05) is 24.3 Å². The lowest BCUT2D eigenvalue weighted by Crippen LogP contribution is -2.38. The van der Waals surface area contributed by atoms with Gasteiger partial charge in [0.15, 0.2) is 0 Å². The number of carbonyl (C=O) groups excluding carboxylic acids is 1. The van der Waals surface area contributed by atoms with Gasteiger partial charge in [-0.25, -0.2) is 0 Å². The Hall–Kier alpha value is -1.26. The predicted molar refractivity (Wildman–Crippen MR) is 86.9 cm³/mol. The molecule has 0 saturated heterocycles. The maximum absolute atomic E-state index is 11.7. The maximum atomic E-state index is 11.7. The van der Waals surface area contributed by atoms with Gasteiger partial charge in [-0.3, -0.25) is 4.79 Å². The molecule has 1 amide bonds. The van der Waals surface area contributed by atoms with Gasteiger partial charge >= 0.3 is 0 Å². The van der Waals surface area contributed by atoms with E-state index in [9.17, 15) is 4.79 Å². The third-order valence-corrected chi connectivity index (χ3v) is 3.79. The lowest BCUT2D eigenvalue weighted by atomic mass is 10.1. The molecule has 0 radical (unpaired) electrons. The highest BCUT2D eigenvalue weighted by molar-refractivity contribution is 5.85. The first-order valence-corrected chi connectivity index (χ1v) is 7.34. The molecule has 0 aromatic heterocycles. The number of hydrogen-bond acceptors (Lipinski definition) is 3. The van der Waals surface area contributed by atoms with Crippen LogP contribution in [0.3, 0.4) is 0 Å². The largest absolute Gasteiger partial charge is 0.497 e. The van der Waals surface area contributed by atoms with Crippen LogP contribution in [0.2, 0.25) is 0 Å². The zero-order valence-corrected chi connectivity index (χ0v) is 13.3. The fourth-order valence-electron chi connectivity index (χ4n) is 2.26. The lowest BCUT2D eigenvalue weighted by Gasteiger charge is -2.11. The van der Waals surface area contributed by atoms with Gasteiger partial charge in [-0.15, -0.1) is 12.4 Å². The zero-order valence-electron chi connectivity index (χ0n) is 12.5. The summed E-state index contributed by atoms with van der Waals surface area (Å²) in [6.45, 7) is 0.617. The van der Waals surface area contributed by atoms with Crippen molar-refractivity contribution in [2.75, 3.05) is 13.7 Å². The minimum absolute atomic E-state index is 0. The Kier molecular flexibility index (Phi) is 7.54. The highest BCUT2D eigenvalue weighted by atomic mass is 35.5. The van der Waals surface area contributed by atoms with Crippen LogP contribution in [0.15, 0.2) is 24.3 Å². The average Bonchev–Trinajstić information content (AvgIpc) is 3.30. The summed E-state index contributed by atoms with van der Waals surface area (Å²) in [5.74, 6) is 1.60. The number of methoxy groups -OCH3 is 1. The monoisotopic (exact) mass is 312 g/mol. The first-order valence-electron chi connectivity index (χ1n) is 7.34. The summed E-state index contributed by atoms with van der Waals surface area (Å²) in [7, 11) is 1.66.